The summed E-state index contributed by atoms with van der Waals surface area (Å²) in [6.07, 6.45) is 4.51. The van der Waals surface area contributed by atoms with Crippen molar-refractivity contribution in [3.63, 3.8) is 0 Å². The first-order valence-corrected chi connectivity index (χ1v) is 9.72. The van der Waals surface area contributed by atoms with Gasteiger partial charge in [0.2, 0.25) is 0 Å². The molecule has 28 heavy (non-hydrogen) atoms. The van der Waals surface area contributed by atoms with E-state index < -0.39 is 0 Å². The zero-order valence-electron chi connectivity index (χ0n) is 16.3. The molecule has 1 saturated heterocycles. The zero-order chi connectivity index (χ0) is 19.3. The van der Waals surface area contributed by atoms with Gasteiger partial charge in [-0.15, -0.1) is 4.80 Å². The molecule has 1 radical (unpaired) electrons. The monoisotopic (exact) mass is 371 g/mol. The Bertz CT molecular complexity index is 1130. The molecule has 141 valence electrons. The highest BCUT2D eigenvalue weighted by molar-refractivity contribution is 5.79. The van der Waals surface area contributed by atoms with E-state index in [1.54, 1.807) is 17.2 Å². The van der Waals surface area contributed by atoms with Gasteiger partial charge in [0.15, 0.2) is 0 Å². The lowest BCUT2D eigenvalue weighted by atomic mass is 10.0. The molecule has 2 aromatic heterocycles. The van der Waals surface area contributed by atoms with Gasteiger partial charge in [-0.25, -0.2) is 4.98 Å². The largest absolute Gasteiger partial charge is 0.359 e. The molecule has 6 heteroatoms. The molecule has 0 bridgehead atoms. The lowest BCUT2D eigenvalue weighted by molar-refractivity contribution is 0.513. The summed E-state index contributed by atoms with van der Waals surface area (Å²) in [5.41, 5.74) is 6.50. The maximum atomic E-state index is 4.99. The van der Waals surface area contributed by atoms with Crippen molar-refractivity contribution in [1.29, 1.82) is 0 Å². The van der Waals surface area contributed by atoms with Gasteiger partial charge in [0.25, 0.3) is 0 Å². The number of H-pyrrole nitrogens is 1. The molecule has 2 atom stereocenters. The molecule has 1 N–H and O–H groups in total. The van der Waals surface area contributed by atoms with Crippen LogP contribution >= 0.6 is 0 Å². The molecule has 0 saturated carbocycles. The second kappa shape index (κ2) is 6.48. The summed E-state index contributed by atoms with van der Waals surface area (Å²) in [5.74, 6) is 1.51. The van der Waals surface area contributed by atoms with E-state index in [2.05, 4.69) is 71.2 Å². The number of rotatable bonds is 3. The molecule has 0 spiro atoms. The summed E-state index contributed by atoms with van der Waals surface area (Å²) >= 11 is 0. The Kier molecular flexibility index (Phi) is 3.93. The van der Waals surface area contributed by atoms with Gasteiger partial charge in [0.05, 0.1) is 35.2 Å². The smallest absolute Gasteiger partial charge is 0.130 e. The molecule has 0 unspecified atom stereocenters. The summed E-state index contributed by atoms with van der Waals surface area (Å²) in [5, 5.41) is 8.67. The van der Waals surface area contributed by atoms with E-state index in [1.807, 2.05) is 6.07 Å². The highest BCUT2D eigenvalue weighted by atomic mass is 15.5. The second-order valence-electron chi connectivity index (χ2n) is 7.73. The van der Waals surface area contributed by atoms with Crippen LogP contribution in [0.4, 0.5) is 5.69 Å². The fourth-order valence-electron chi connectivity index (χ4n) is 4.26. The maximum absolute atomic E-state index is 4.99. The molecule has 1 aliphatic heterocycles. The molecule has 4 aromatic rings. The Morgan fingerprint density at radius 2 is 2.00 bits per heavy atom. The SMILES string of the molecule is Cc1c[c]c(-n2nccn2)c(N2CC[C@H](C)[C@H]2c2nc3c(C)cccc3[nH]2)c1. The first kappa shape index (κ1) is 17.0. The molecule has 0 aliphatic carbocycles. The Labute approximate surface area is 164 Å². The van der Waals surface area contributed by atoms with Crippen molar-refractivity contribution in [2.45, 2.75) is 33.2 Å². The summed E-state index contributed by atoms with van der Waals surface area (Å²) in [6, 6.07) is 14.0. The topological polar surface area (TPSA) is 62.6 Å². The van der Waals surface area contributed by atoms with Gasteiger partial charge in [-0.05, 0) is 55.5 Å². The summed E-state index contributed by atoms with van der Waals surface area (Å²) in [4.78, 5) is 12.6. The van der Waals surface area contributed by atoms with Crippen LogP contribution < -0.4 is 4.90 Å². The lowest BCUT2D eigenvalue weighted by Gasteiger charge is -2.29. The van der Waals surface area contributed by atoms with Crippen molar-refractivity contribution in [1.82, 2.24) is 25.0 Å². The van der Waals surface area contributed by atoms with E-state index in [1.165, 1.54) is 11.1 Å². The molecule has 2 aromatic carbocycles. The van der Waals surface area contributed by atoms with E-state index in [0.717, 1.165) is 41.2 Å². The Hall–Kier alpha value is -3.15. The molecule has 0 amide bonds. The summed E-state index contributed by atoms with van der Waals surface area (Å²) < 4.78 is 0. The van der Waals surface area contributed by atoms with E-state index >= 15 is 0 Å². The Morgan fingerprint density at radius 3 is 2.79 bits per heavy atom. The third-order valence-electron chi connectivity index (χ3n) is 5.68. The van der Waals surface area contributed by atoms with Gasteiger partial charge in [0, 0.05) is 12.6 Å². The van der Waals surface area contributed by atoms with Gasteiger partial charge in [-0.1, -0.05) is 19.1 Å². The Morgan fingerprint density at radius 1 is 1.18 bits per heavy atom. The van der Waals surface area contributed by atoms with Crippen LogP contribution in [-0.2, 0) is 0 Å². The number of nitrogens with zero attached hydrogens (tertiary/aromatic N) is 5. The number of aromatic amines is 1. The van der Waals surface area contributed by atoms with Crippen LogP contribution in [0.15, 0.2) is 42.7 Å². The number of imidazole rings is 1. The third kappa shape index (κ3) is 2.68. The third-order valence-corrected chi connectivity index (χ3v) is 5.68. The quantitative estimate of drug-likeness (QED) is 0.588. The van der Waals surface area contributed by atoms with Gasteiger partial charge < -0.3 is 9.88 Å². The minimum Gasteiger partial charge on any atom is -0.359 e. The Balaban J connectivity index is 1.64. The fourth-order valence-corrected chi connectivity index (χ4v) is 4.26. The predicted molar refractivity (Wildman–Crippen MR) is 110 cm³/mol. The van der Waals surface area contributed by atoms with Crippen molar-refractivity contribution < 1.29 is 0 Å². The standard InChI is InChI=1S/C22H23N6/c1-14-7-8-18(28-23-10-11-24-28)19(13-14)27-12-9-16(3)21(27)22-25-17-6-4-5-15(2)20(17)26-22/h4-7,10-11,13,16,21H,9,12H2,1-3H3,(H,25,26)/t16-,21-/m0/s1. The minimum absolute atomic E-state index is 0.177. The van der Waals surface area contributed by atoms with Crippen molar-refractivity contribution in [2.75, 3.05) is 11.4 Å². The average Bonchev–Trinajstić information content (AvgIpc) is 3.41. The van der Waals surface area contributed by atoms with Crippen molar-refractivity contribution in [3.05, 3.63) is 65.7 Å². The van der Waals surface area contributed by atoms with Crippen LogP contribution in [0.3, 0.4) is 0 Å². The van der Waals surface area contributed by atoms with Crippen LogP contribution in [-0.4, -0.2) is 31.5 Å². The van der Waals surface area contributed by atoms with E-state index in [0.29, 0.717) is 5.92 Å². The fraction of sp³-hybridized carbons (Fsp3) is 0.318. The second-order valence-corrected chi connectivity index (χ2v) is 7.73. The molecular formula is C22H23N6. The first-order chi connectivity index (χ1) is 13.6. The van der Waals surface area contributed by atoms with Crippen LogP contribution in [0.25, 0.3) is 16.7 Å². The van der Waals surface area contributed by atoms with Gasteiger partial charge in [-0.2, -0.15) is 10.2 Å². The predicted octanol–water partition coefficient (Wildman–Crippen LogP) is 4.15. The minimum atomic E-state index is 0.177. The number of benzene rings is 2. The number of hydrogen-bond acceptors (Lipinski definition) is 4. The van der Waals surface area contributed by atoms with Crippen molar-refractivity contribution >= 4 is 16.7 Å². The van der Waals surface area contributed by atoms with Crippen LogP contribution in [0.5, 0.6) is 0 Å². The molecule has 3 heterocycles. The maximum Gasteiger partial charge on any atom is 0.130 e. The number of fused-ring (bicyclic) bond motifs is 1. The molecule has 1 fully saturated rings. The number of para-hydroxylation sites is 1. The van der Waals surface area contributed by atoms with Crippen LogP contribution in [0.1, 0.15) is 36.3 Å². The van der Waals surface area contributed by atoms with Crippen LogP contribution in [0.2, 0.25) is 0 Å². The number of aryl methyl sites for hydroxylation is 2. The molecular weight excluding hydrogens is 348 g/mol. The van der Waals surface area contributed by atoms with E-state index in [4.69, 9.17) is 4.98 Å². The number of hydrogen-bond donors (Lipinski definition) is 1. The molecule has 5 rings (SSSR count). The van der Waals surface area contributed by atoms with Crippen molar-refractivity contribution in [2.24, 2.45) is 5.92 Å². The number of nitrogens with one attached hydrogen (secondary N) is 1. The zero-order valence-corrected chi connectivity index (χ0v) is 16.3. The highest BCUT2D eigenvalue weighted by Gasteiger charge is 2.36. The van der Waals surface area contributed by atoms with Gasteiger partial charge in [0.1, 0.15) is 11.5 Å². The van der Waals surface area contributed by atoms with Crippen molar-refractivity contribution in [3.8, 4) is 5.69 Å². The normalized spacial score (nSPS) is 19.6. The van der Waals surface area contributed by atoms with Gasteiger partial charge >= 0.3 is 0 Å². The summed E-state index contributed by atoms with van der Waals surface area (Å²) in [7, 11) is 0. The molecule has 1 aliphatic rings. The van der Waals surface area contributed by atoms with Gasteiger partial charge in [-0.3, -0.25) is 0 Å². The average molecular weight is 371 g/mol. The van der Waals surface area contributed by atoms with Crippen LogP contribution in [0, 0.1) is 25.8 Å². The molecule has 6 nitrogen and oxygen atoms in total. The summed E-state index contributed by atoms with van der Waals surface area (Å²) in [6.45, 7) is 7.47. The van der Waals surface area contributed by atoms with E-state index in [9.17, 15) is 0 Å². The van der Waals surface area contributed by atoms with E-state index in [-0.39, 0.29) is 6.04 Å². The highest BCUT2D eigenvalue weighted by Crippen LogP contribution is 2.42. The first-order valence-electron chi connectivity index (χ1n) is 9.72. The number of aromatic nitrogens is 5. The lowest BCUT2D eigenvalue weighted by Crippen LogP contribution is -2.27. The number of anilines is 1.